The number of nitrogens with zero attached hydrogens (tertiary/aromatic N) is 1. The molecule has 0 radical (unpaired) electrons. The van der Waals surface area contributed by atoms with Crippen molar-refractivity contribution in [2.45, 2.75) is 0 Å². The van der Waals surface area contributed by atoms with Crippen molar-refractivity contribution in [3.8, 4) is 0 Å². The summed E-state index contributed by atoms with van der Waals surface area (Å²) in [5.41, 5.74) is 0. The maximum atomic E-state index is 10.5. The van der Waals surface area contributed by atoms with Crippen molar-refractivity contribution in [2.75, 3.05) is 6.61 Å². The fourth-order valence-corrected chi connectivity index (χ4v) is 0.905. The first-order valence-corrected chi connectivity index (χ1v) is 3.50. The van der Waals surface area contributed by atoms with Crippen LogP contribution in [0.1, 0.15) is 0 Å². The standard InChI is InChI=1S/C3H3ClNO2S/c4-8-5-2-7-1-3(5)6/h2H,1H2/q-1. The fraction of sp³-hybridized carbons (Fsp3) is 0.333. The Bertz CT molecular complexity index is 109. The van der Waals surface area contributed by atoms with Crippen LogP contribution >= 0.6 is 21.8 Å². The molecule has 0 spiro atoms. The van der Waals surface area contributed by atoms with Gasteiger partial charge in [0.25, 0.3) is 0 Å². The maximum Gasteiger partial charge on any atom is 0.228 e. The second kappa shape index (κ2) is 2.57. The first-order valence-electron chi connectivity index (χ1n) is 1.90. The summed E-state index contributed by atoms with van der Waals surface area (Å²) in [6, 6.07) is 0. The molecule has 0 N–H and O–H groups in total. The Labute approximate surface area is 55.6 Å². The molecule has 0 atom stereocenters. The molecule has 5 heteroatoms. The van der Waals surface area contributed by atoms with Gasteiger partial charge in [-0.1, -0.05) is 0 Å². The van der Waals surface area contributed by atoms with Crippen LogP contribution in [0.2, 0.25) is 0 Å². The largest absolute Gasteiger partial charge is 0.523 e. The minimum atomic E-state index is -0.120. The monoisotopic (exact) mass is 152 g/mol. The highest BCUT2D eigenvalue weighted by molar-refractivity contribution is 8.19. The second-order valence-electron chi connectivity index (χ2n) is 1.20. The van der Waals surface area contributed by atoms with Crippen molar-refractivity contribution in [3.05, 3.63) is 6.73 Å². The lowest BCUT2D eigenvalue weighted by Crippen LogP contribution is -2.12. The van der Waals surface area contributed by atoms with Crippen molar-refractivity contribution in [1.29, 1.82) is 0 Å². The van der Waals surface area contributed by atoms with E-state index in [2.05, 4.69) is 4.74 Å². The van der Waals surface area contributed by atoms with Crippen LogP contribution in [0.15, 0.2) is 0 Å². The number of hydrogen-bond acceptors (Lipinski definition) is 3. The molecule has 0 aliphatic carbocycles. The van der Waals surface area contributed by atoms with Crippen molar-refractivity contribution < 1.29 is 9.53 Å². The molecule has 1 amide bonds. The number of ether oxygens (including phenoxy) is 1. The van der Waals surface area contributed by atoms with Crippen LogP contribution in [0.4, 0.5) is 0 Å². The van der Waals surface area contributed by atoms with Crippen LogP contribution in [-0.4, -0.2) is 16.8 Å². The van der Waals surface area contributed by atoms with Crippen molar-refractivity contribution in [2.24, 2.45) is 0 Å². The molecular weight excluding hydrogens is 150 g/mol. The van der Waals surface area contributed by atoms with E-state index in [0.717, 1.165) is 11.2 Å². The van der Waals surface area contributed by atoms with Crippen LogP contribution in [0.25, 0.3) is 0 Å². The van der Waals surface area contributed by atoms with E-state index in [1.54, 1.807) is 0 Å². The third-order valence-electron chi connectivity index (χ3n) is 0.697. The zero-order valence-corrected chi connectivity index (χ0v) is 5.41. The molecule has 0 bridgehead atoms. The Morgan fingerprint density at radius 1 is 2.00 bits per heavy atom. The lowest BCUT2D eigenvalue weighted by molar-refractivity contribution is -0.122. The lowest BCUT2D eigenvalue weighted by atomic mass is 10.7. The van der Waals surface area contributed by atoms with Gasteiger partial charge in [-0.2, -0.15) is 0 Å². The first-order chi connectivity index (χ1) is 3.84. The molecule has 1 saturated heterocycles. The van der Waals surface area contributed by atoms with E-state index in [-0.39, 0.29) is 12.5 Å². The van der Waals surface area contributed by atoms with Gasteiger partial charge in [-0.05, 0) is 10.7 Å². The number of hydrogen-bond donors (Lipinski definition) is 0. The SMILES string of the molecule is O=C1CO[CH-]N1SCl. The zero-order chi connectivity index (χ0) is 5.98. The van der Waals surface area contributed by atoms with E-state index in [0.29, 0.717) is 0 Å². The van der Waals surface area contributed by atoms with Gasteiger partial charge in [0.05, 0.1) is 6.61 Å². The molecule has 46 valence electrons. The van der Waals surface area contributed by atoms with Gasteiger partial charge in [0, 0.05) is 11.2 Å². The van der Waals surface area contributed by atoms with Gasteiger partial charge in [-0.3, -0.25) is 4.79 Å². The van der Waals surface area contributed by atoms with Gasteiger partial charge < -0.3 is 9.04 Å². The number of amides is 1. The van der Waals surface area contributed by atoms with Crippen molar-refractivity contribution >= 4 is 27.8 Å². The highest BCUT2D eigenvalue weighted by Crippen LogP contribution is 2.20. The van der Waals surface area contributed by atoms with Crippen LogP contribution in [-0.2, 0) is 9.53 Å². The predicted molar refractivity (Wildman–Crippen MR) is 30.5 cm³/mol. The second-order valence-corrected chi connectivity index (χ2v) is 2.15. The van der Waals surface area contributed by atoms with Gasteiger partial charge in [-0.15, -0.1) is 6.73 Å². The number of halogens is 1. The number of carbonyl (C=O) groups excluding carboxylic acids is 1. The van der Waals surface area contributed by atoms with E-state index >= 15 is 0 Å². The van der Waals surface area contributed by atoms with Gasteiger partial charge in [0.1, 0.15) is 0 Å². The summed E-state index contributed by atoms with van der Waals surface area (Å²) < 4.78 is 5.83. The molecule has 8 heavy (non-hydrogen) atoms. The minimum Gasteiger partial charge on any atom is -0.523 e. The molecule has 1 rings (SSSR count). The highest BCUT2D eigenvalue weighted by Gasteiger charge is 2.10. The molecule has 0 unspecified atom stereocenters. The predicted octanol–water partition coefficient (Wildman–Crippen LogP) is 0.766. The number of carbonyl (C=O) groups is 1. The Morgan fingerprint density at radius 3 is 3.00 bits per heavy atom. The average molecular weight is 153 g/mol. The summed E-state index contributed by atoms with van der Waals surface area (Å²) in [4.78, 5) is 10.5. The molecule has 1 aliphatic rings. The maximum absolute atomic E-state index is 10.5. The zero-order valence-electron chi connectivity index (χ0n) is 3.83. The van der Waals surface area contributed by atoms with E-state index in [9.17, 15) is 4.79 Å². The van der Waals surface area contributed by atoms with E-state index in [1.807, 2.05) is 0 Å². The normalized spacial score (nSPS) is 20.1. The Kier molecular flexibility index (Phi) is 1.99. The molecule has 1 fully saturated rings. The molecule has 3 nitrogen and oxygen atoms in total. The smallest absolute Gasteiger partial charge is 0.228 e. The van der Waals surface area contributed by atoms with Crippen LogP contribution in [0.5, 0.6) is 0 Å². The van der Waals surface area contributed by atoms with Gasteiger partial charge >= 0.3 is 0 Å². The molecule has 0 aromatic rings. The molecular formula is C3H3ClNO2S-. The van der Waals surface area contributed by atoms with Crippen LogP contribution in [0, 0.1) is 6.73 Å². The van der Waals surface area contributed by atoms with E-state index in [4.69, 9.17) is 10.7 Å². The van der Waals surface area contributed by atoms with Crippen LogP contribution in [0.3, 0.4) is 0 Å². The quantitative estimate of drug-likeness (QED) is 0.411. The van der Waals surface area contributed by atoms with Gasteiger partial charge in [0.15, 0.2) is 0 Å². The Morgan fingerprint density at radius 2 is 2.75 bits per heavy atom. The Hall–Kier alpha value is 0.0700. The molecule has 1 heterocycles. The van der Waals surface area contributed by atoms with Crippen LogP contribution < -0.4 is 0 Å². The molecule has 0 aromatic heterocycles. The summed E-state index contributed by atoms with van der Waals surface area (Å²) in [7, 11) is 5.21. The Balaban J connectivity index is 2.42. The van der Waals surface area contributed by atoms with E-state index in [1.165, 1.54) is 11.0 Å². The van der Waals surface area contributed by atoms with Gasteiger partial charge in [-0.25, -0.2) is 0 Å². The van der Waals surface area contributed by atoms with E-state index < -0.39 is 0 Å². The average Bonchev–Trinajstić information content (AvgIpc) is 2.14. The first kappa shape index (κ1) is 6.19. The topological polar surface area (TPSA) is 29.5 Å². The third kappa shape index (κ3) is 1.07. The minimum absolute atomic E-state index is 0.111. The highest BCUT2D eigenvalue weighted by atomic mass is 35.7. The number of rotatable bonds is 1. The summed E-state index contributed by atoms with van der Waals surface area (Å²) >= 11 is 0.816. The lowest BCUT2D eigenvalue weighted by Gasteiger charge is -2.15. The van der Waals surface area contributed by atoms with Gasteiger partial charge in [0.2, 0.25) is 5.91 Å². The van der Waals surface area contributed by atoms with Crippen molar-refractivity contribution in [3.63, 3.8) is 0 Å². The molecule has 1 aliphatic heterocycles. The summed E-state index contributed by atoms with van der Waals surface area (Å²) in [5.74, 6) is -0.120. The summed E-state index contributed by atoms with van der Waals surface area (Å²) in [6.45, 7) is 1.40. The molecule has 0 aromatic carbocycles. The summed E-state index contributed by atoms with van der Waals surface area (Å²) in [6.07, 6.45) is 0. The summed E-state index contributed by atoms with van der Waals surface area (Å²) in [5, 5.41) is 0. The fourth-order valence-electron chi connectivity index (χ4n) is 0.353. The third-order valence-corrected chi connectivity index (χ3v) is 1.58. The molecule has 0 saturated carbocycles. The van der Waals surface area contributed by atoms with Crippen molar-refractivity contribution in [1.82, 2.24) is 4.31 Å².